The molecule has 0 bridgehead atoms. The van der Waals surface area contributed by atoms with Crippen molar-refractivity contribution in [3.8, 4) is 0 Å². The number of oxazole rings is 1. The van der Waals surface area contributed by atoms with Crippen molar-refractivity contribution in [2.75, 3.05) is 18.8 Å². The SMILES string of the molecule is CCCCCNCCSc1ncco1. The van der Waals surface area contributed by atoms with Crippen LogP contribution in [-0.2, 0) is 0 Å². The van der Waals surface area contributed by atoms with Crippen molar-refractivity contribution in [3.05, 3.63) is 12.5 Å². The van der Waals surface area contributed by atoms with Crippen LogP contribution < -0.4 is 5.32 Å². The molecule has 0 unspecified atom stereocenters. The van der Waals surface area contributed by atoms with Crippen molar-refractivity contribution in [2.45, 2.75) is 31.4 Å². The van der Waals surface area contributed by atoms with Crippen molar-refractivity contribution in [1.29, 1.82) is 0 Å². The first kappa shape index (κ1) is 11.6. The molecule has 1 heterocycles. The average Bonchev–Trinajstić information content (AvgIpc) is 2.69. The van der Waals surface area contributed by atoms with E-state index in [2.05, 4.69) is 17.2 Å². The standard InChI is InChI=1S/C10H18N2OS/c1-2-3-4-5-11-7-9-14-10-12-6-8-13-10/h6,8,11H,2-5,7,9H2,1H3. The van der Waals surface area contributed by atoms with E-state index in [1.165, 1.54) is 19.3 Å². The number of nitrogens with zero attached hydrogens (tertiary/aromatic N) is 1. The maximum Gasteiger partial charge on any atom is 0.255 e. The van der Waals surface area contributed by atoms with Gasteiger partial charge in [-0.3, -0.25) is 0 Å². The van der Waals surface area contributed by atoms with E-state index in [4.69, 9.17) is 4.42 Å². The Morgan fingerprint density at radius 2 is 2.36 bits per heavy atom. The van der Waals surface area contributed by atoms with Crippen LogP contribution in [-0.4, -0.2) is 23.8 Å². The molecule has 0 radical (unpaired) electrons. The molecule has 1 rings (SSSR count). The van der Waals surface area contributed by atoms with Crippen molar-refractivity contribution < 1.29 is 4.42 Å². The maximum atomic E-state index is 5.10. The molecule has 0 aliphatic heterocycles. The highest BCUT2D eigenvalue weighted by Crippen LogP contribution is 2.13. The monoisotopic (exact) mass is 214 g/mol. The number of aromatic nitrogens is 1. The first-order valence-electron chi connectivity index (χ1n) is 5.16. The molecule has 0 aromatic carbocycles. The summed E-state index contributed by atoms with van der Waals surface area (Å²) in [5.41, 5.74) is 0. The van der Waals surface area contributed by atoms with Gasteiger partial charge in [-0.25, -0.2) is 4.98 Å². The van der Waals surface area contributed by atoms with Gasteiger partial charge >= 0.3 is 0 Å². The van der Waals surface area contributed by atoms with Gasteiger partial charge in [0.05, 0.1) is 6.20 Å². The lowest BCUT2D eigenvalue weighted by molar-refractivity contribution is 0.454. The van der Waals surface area contributed by atoms with E-state index in [-0.39, 0.29) is 0 Å². The molecule has 0 aliphatic carbocycles. The molecule has 0 spiro atoms. The molecule has 1 aromatic heterocycles. The molecular weight excluding hydrogens is 196 g/mol. The number of hydrogen-bond acceptors (Lipinski definition) is 4. The van der Waals surface area contributed by atoms with E-state index in [0.29, 0.717) is 0 Å². The van der Waals surface area contributed by atoms with E-state index >= 15 is 0 Å². The summed E-state index contributed by atoms with van der Waals surface area (Å²) in [5, 5.41) is 4.16. The van der Waals surface area contributed by atoms with Gasteiger partial charge in [-0.2, -0.15) is 0 Å². The average molecular weight is 214 g/mol. The summed E-state index contributed by atoms with van der Waals surface area (Å²) < 4.78 is 5.10. The van der Waals surface area contributed by atoms with Gasteiger partial charge < -0.3 is 9.73 Å². The van der Waals surface area contributed by atoms with Crippen LogP contribution in [0.1, 0.15) is 26.2 Å². The summed E-state index contributed by atoms with van der Waals surface area (Å²) in [5.74, 6) is 1.02. The summed E-state index contributed by atoms with van der Waals surface area (Å²) in [6, 6.07) is 0. The molecular formula is C10H18N2OS. The van der Waals surface area contributed by atoms with Crippen molar-refractivity contribution >= 4 is 11.8 Å². The summed E-state index contributed by atoms with van der Waals surface area (Å²) in [6.07, 6.45) is 7.17. The zero-order valence-corrected chi connectivity index (χ0v) is 9.48. The third kappa shape index (κ3) is 5.29. The highest BCUT2D eigenvalue weighted by Gasteiger charge is 1.96. The van der Waals surface area contributed by atoms with Crippen LogP contribution in [0.4, 0.5) is 0 Å². The fraction of sp³-hybridized carbons (Fsp3) is 0.700. The highest BCUT2D eigenvalue weighted by molar-refractivity contribution is 7.99. The zero-order valence-electron chi connectivity index (χ0n) is 8.66. The second kappa shape index (κ2) is 7.88. The van der Waals surface area contributed by atoms with Crippen LogP contribution in [0.2, 0.25) is 0 Å². The first-order valence-corrected chi connectivity index (χ1v) is 6.15. The van der Waals surface area contributed by atoms with Gasteiger partial charge in [-0.15, -0.1) is 0 Å². The third-order valence-electron chi connectivity index (χ3n) is 1.87. The molecule has 0 fully saturated rings. The fourth-order valence-electron chi connectivity index (χ4n) is 1.12. The summed E-state index contributed by atoms with van der Waals surface area (Å²) in [6.45, 7) is 4.37. The quantitative estimate of drug-likeness (QED) is 0.533. The lowest BCUT2D eigenvalue weighted by atomic mass is 10.2. The maximum absolute atomic E-state index is 5.10. The Balaban J connectivity index is 1.85. The van der Waals surface area contributed by atoms with Crippen LogP contribution in [0.15, 0.2) is 22.1 Å². The molecule has 14 heavy (non-hydrogen) atoms. The second-order valence-electron chi connectivity index (χ2n) is 3.10. The molecule has 3 nitrogen and oxygen atoms in total. The van der Waals surface area contributed by atoms with E-state index in [1.54, 1.807) is 24.2 Å². The number of hydrogen-bond donors (Lipinski definition) is 1. The van der Waals surface area contributed by atoms with Crippen LogP contribution in [0.5, 0.6) is 0 Å². The highest BCUT2D eigenvalue weighted by atomic mass is 32.2. The van der Waals surface area contributed by atoms with E-state index in [0.717, 1.165) is 24.1 Å². The molecule has 0 amide bonds. The molecule has 0 saturated carbocycles. The number of unbranched alkanes of at least 4 members (excludes halogenated alkanes) is 2. The first-order chi connectivity index (χ1) is 6.93. The zero-order chi connectivity index (χ0) is 10.1. The summed E-state index contributed by atoms with van der Waals surface area (Å²) in [4.78, 5) is 4.03. The fourth-order valence-corrected chi connectivity index (χ4v) is 1.80. The van der Waals surface area contributed by atoms with Gasteiger partial charge in [0.1, 0.15) is 6.26 Å². The van der Waals surface area contributed by atoms with Gasteiger partial charge in [0, 0.05) is 12.3 Å². The Morgan fingerprint density at radius 3 is 3.07 bits per heavy atom. The summed E-state index contributed by atoms with van der Waals surface area (Å²) in [7, 11) is 0. The minimum atomic E-state index is 0.764. The minimum Gasteiger partial charge on any atom is -0.440 e. The van der Waals surface area contributed by atoms with E-state index < -0.39 is 0 Å². The third-order valence-corrected chi connectivity index (χ3v) is 2.73. The molecule has 1 N–H and O–H groups in total. The predicted molar refractivity (Wildman–Crippen MR) is 59.6 cm³/mol. The number of nitrogens with one attached hydrogen (secondary N) is 1. The predicted octanol–water partition coefficient (Wildman–Crippen LogP) is 2.55. The van der Waals surface area contributed by atoms with Crippen LogP contribution >= 0.6 is 11.8 Å². The lowest BCUT2D eigenvalue weighted by Crippen LogP contribution is -2.18. The Kier molecular flexibility index (Phi) is 6.53. The van der Waals surface area contributed by atoms with Crippen molar-refractivity contribution in [3.63, 3.8) is 0 Å². The molecule has 0 saturated heterocycles. The Hall–Kier alpha value is -0.480. The number of rotatable bonds is 8. The van der Waals surface area contributed by atoms with Gasteiger partial charge in [0.2, 0.25) is 0 Å². The Morgan fingerprint density at radius 1 is 1.43 bits per heavy atom. The van der Waals surface area contributed by atoms with E-state index in [1.807, 2.05) is 0 Å². The molecule has 1 aromatic rings. The van der Waals surface area contributed by atoms with Crippen LogP contribution in [0.3, 0.4) is 0 Å². The minimum absolute atomic E-state index is 0.764. The molecule has 0 aliphatic rings. The van der Waals surface area contributed by atoms with Crippen LogP contribution in [0, 0.1) is 0 Å². The van der Waals surface area contributed by atoms with Gasteiger partial charge in [-0.05, 0) is 13.0 Å². The number of thioether (sulfide) groups is 1. The van der Waals surface area contributed by atoms with Crippen molar-refractivity contribution in [2.24, 2.45) is 0 Å². The van der Waals surface area contributed by atoms with Gasteiger partial charge in [0.25, 0.3) is 5.22 Å². The largest absolute Gasteiger partial charge is 0.440 e. The van der Waals surface area contributed by atoms with Gasteiger partial charge in [-0.1, -0.05) is 31.5 Å². The van der Waals surface area contributed by atoms with Crippen LogP contribution in [0.25, 0.3) is 0 Å². The summed E-state index contributed by atoms with van der Waals surface area (Å²) >= 11 is 1.65. The normalized spacial score (nSPS) is 10.6. The lowest BCUT2D eigenvalue weighted by Gasteiger charge is -2.01. The van der Waals surface area contributed by atoms with Crippen molar-refractivity contribution in [1.82, 2.24) is 10.3 Å². The second-order valence-corrected chi connectivity index (χ2v) is 4.15. The molecule has 80 valence electrons. The topological polar surface area (TPSA) is 38.1 Å². The van der Waals surface area contributed by atoms with Gasteiger partial charge in [0.15, 0.2) is 0 Å². The van der Waals surface area contributed by atoms with E-state index in [9.17, 15) is 0 Å². The Bertz CT molecular complexity index is 214. The Labute approximate surface area is 89.7 Å². The smallest absolute Gasteiger partial charge is 0.255 e. The molecule has 4 heteroatoms. The molecule has 0 atom stereocenters.